The number of aromatic hydroxyl groups is 1. The van der Waals surface area contributed by atoms with E-state index in [0.717, 1.165) is 26.2 Å². The minimum Gasteiger partial charge on any atom is -0.504 e. The first kappa shape index (κ1) is 13.1. The molecule has 1 aromatic rings. The maximum absolute atomic E-state index is 14.1. The minimum absolute atomic E-state index is 0.0554. The number of phenols is 1. The van der Waals surface area contributed by atoms with Gasteiger partial charge >= 0.3 is 0 Å². The topological polar surface area (TPSA) is 44.7 Å². The molecule has 2 rings (SSSR count). The molecule has 0 saturated carbocycles. The van der Waals surface area contributed by atoms with Crippen LogP contribution < -0.4 is 10.1 Å². The van der Waals surface area contributed by atoms with Crippen molar-refractivity contribution >= 4 is 0 Å². The van der Waals surface area contributed by atoms with Crippen molar-refractivity contribution < 1.29 is 14.2 Å². The Morgan fingerprint density at radius 3 is 2.72 bits per heavy atom. The lowest BCUT2D eigenvalue weighted by molar-refractivity contribution is 0.229. The van der Waals surface area contributed by atoms with E-state index in [-0.39, 0.29) is 11.5 Å². The molecule has 0 atom stereocenters. The Balaban J connectivity index is 2.24. The van der Waals surface area contributed by atoms with Gasteiger partial charge in [0.25, 0.3) is 0 Å². The van der Waals surface area contributed by atoms with Crippen molar-refractivity contribution in [1.29, 1.82) is 0 Å². The van der Waals surface area contributed by atoms with Gasteiger partial charge in [-0.05, 0) is 18.6 Å². The third-order valence-corrected chi connectivity index (χ3v) is 3.27. The molecule has 1 aliphatic heterocycles. The third-order valence-electron chi connectivity index (χ3n) is 3.27. The monoisotopic (exact) mass is 254 g/mol. The molecule has 0 unspecified atom stereocenters. The molecule has 2 N–H and O–H groups in total. The van der Waals surface area contributed by atoms with Crippen LogP contribution >= 0.6 is 0 Å². The van der Waals surface area contributed by atoms with Crippen LogP contribution in [0.2, 0.25) is 0 Å². The molecule has 0 bridgehead atoms. The van der Waals surface area contributed by atoms with E-state index in [1.54, 1.807) is 13.0 Å². The van der Waals surface area contributed by atoms with Crippen molar-refractivity contribution in [1.82, 2.24) is 10.2 Å². The summed E-state index contributed by atoms with van der Waals surface area (Å²) in [5.74, 6) is -0.627. The Kier molecular flexibility index (Phi) is 4.04. The zero-order chi connectivity index (χ0) is 13.1. The quantitative estimate of drug-likeness (QED) is 0.852. The smallest absolute Gasteiger partial charge is 0.197 e. The molecule has 0 aromatic heterocycles. The Labute approximate surface area is 106 Å². The highest BCUT2D eigenvalue weighted by Gasteiger charge is 2.19. The number of ether oxygens (including phenoxy) is 1. The first-order valence-corrected chi connectivity index (χ1v) is 6.11. The molecular weight excluding hydrogens is 235 g/mol. The number of hydrogen-bond acceptors (Lipinski definition) is 4. The predicted octanol–water partition coefficient (Wildman–Crippen LogP) is 1.25. The van der Waals surface area contributed by atoms with Gasteiger partial charge in [0.1, 0.15) is 0 Å². The van der Waals surface area contributed by atoms with Crippen molar-refractivity contribution in [3.8, 4) is 11.5 Å². The molecule has 1 fully saturated rings. The first-order valence-electron chi connectivity index (χ1n) is 6.11. The van der Waals surface area contributed by atoms with Crippen LogP contribution in [0.3, 0.4) is 0 Å². The van der Waals surface area contributed by atoms with Crippen molar-refractivity contribution in [3.05, 3.63) is 23.0 Å². The first-order chi connectivity index (χ1) is 8.63. The maximum atomic E-state index is 14.1. The van der Waals surface area contributed by atoms with Crippen LogP contribution in [0.5, 0.6) is 11.5 Å². The van der Waals surface area contributed by atoms with Gasteiger partial charge in [-0.1, -0.05) is 0 Å². The second-order valence-electron chi connectivity index (χ2n) is 4.57. The van der Waals surface area contributed by atoms with E-state index in [1.807, 2.05) is 0 Å². The zero-order valence-corrected chi connectivity index (χ0v) is 10.8. The molecule has 0 aliphatic carbocycles. The number of hydrogen-bond donors (Lipinski definition) is 2. The number of aryl methyl sites for hydroxylation is 1. The van der Waals surface area contributed by atoms with Gasteiger partial charge in [0.15, 0.2) is 17.3 Å². The number of benzene rings is 1. The van der Waals surface area contributed by atoms with Crippen LogP contribution in [0.4, 0.5) is 4.39 Å². The lowest BCUT2D eigenvalue weighted by Crippen LogP contribution is -2.43. The number of rotatable bonds is 3. The van der Waals surface area contributed by atoms with E-state index in [2.05, 4.69) is 10.2 Å². The van der Waals surface area contributed by atoms with Crippen molar-refractivity contribution in [2.24, 2.45) is 0 Å². The second-order valence-corrected chi connectivity index (χ2v) is 4.57. The number of halogens is 1. The highest BCUT2D eigenvalue weighted by Crippen LogP contribution is 2.35. The van der Waals surface area contributed by atoms with Crippen LogP contribution in [0.1, 0.15) is 11.1 Å². The molecular formula is C13H19FN2O2. The summed E-state index contributed by atoms with van der Waals surface area (Å²) in [6, 6.07) is 1.69. The lowest BCUT2D eigenvalue weighted by atomic mass is 10.1. The third kappa shape index (κ3) is 2.57. The molecule has 100 valence electrons. The number of piperazine rings is 1. The van der Waals surface area contributed by atoms with Crippen molar-refractivity contribution in [2.75, 3.05) is 33.3 Å². The van der Waals surface area contributed by atoms with Crippen molar-refractivity contribution in [3.63, 3.8) is 0 Å². The van der Waals surface area contributed by atoms with Gasteiger partial charge in [0.05, 0.1) is 7.11 Å². The highest BCUT2D eigenvalue weighted by molar-refractivity contribution is 5.49. The lowest BCUT2D eigenvalue weighted by Gasteiger charge is -2.27. The summed E-state index contributed by atoms with van der Waals surface area (Å²) in [5, 5.41) is 13.0. The summed E-state index contributed by atoms with van der Waals surface area (Å²) < 4.78 is 19.1. The fourth-order valence-electron chi connectivity index (χ4n) is 2.23. The van der Waals surface area contributed by atoms with Gasteiger partial charge in [0.2, 0.25) is 0 Å². The summed E-state index contributed by atoms with van der Waals surface area (Å²) in [5.41, 5.74) is 1.21. The Morgan fingerprint density at radius 1 is 1.44 bits per heavy atom. The Bertz CT molecular complexity index is 431. The van der Waals surface area contributed by atoms with E-state index in [0.29, 0.717) is 17.7 Å². The Hall–Kier alpha value is -1.33. The van der Waals surface area contributed by atoms with E-state index >= 15 is 0 Å². The minimum atomic E-state index is -0.459. The fraction of sp³-hybridized carbons (Fsp3) is 0.538. The average Bonchev–Trinajstić information content (AvgIpc) is 2.38. The normalized spacial score (nSPS) is 16.8. The fourth-order valence-corrected chi connectivity index (χ4v) is 2.23. The summed E-state index contributed by atoms with van der Waals surface area (Å²) in [6.45, 7) is 5.96. The van der Waals surface area contributed by atoms with Gasteiger partial charge in [-0.25, -0.2) is 4.39 Å². The van der Waals surface area contributed by atoms with Crippen LogP contribution in [0.25, 0.3) is 0 Å². The van der Waals surface area contributed by atoms with Gasteiger partial charge < -0.3 is 15.2 Å². The molecule has 1 saturated heterocycles. The van der Waals surface area contributed by atoms with Crippen LogP contribution in [0.15, 0.2) is 6.07 Å². The molecule has 1 aliphatic rings. The standard InChI is InChI=1S/C13H19FN2O2/c1-9-7-10(8-16-5-3-15-4-6-16)11(14)13(18-2)12(9)17/h7,15,17H,3-6,8H2,1-2H3. The number of methoxy groups -OCH3 is 1. The van der Waals surface area contributed by atoms with Crippen LogP contribution in [-0.2, 0) is 6.54 Å². The molecule has 0 radical (unpaired) electrons. The number of nitrogens with zero attached hydrogens (tertiary/aromatic N) is 1. The SMILES string of the molecule is COc1c(O)c(C)cc(CN2CCNCC2)c1F. The summed E-state index contributed by atoms with van der Waals surface area (Å²) in [6.07, 6.45) is 0. The molecule has 1 heterocycles. The average molecular weight is 254 g/mol. The molecule has 4 nitrogen and oxygen atoms in total. The molecule has 0 spiro atoms. The van der Waals surface area contributed by atoms with Gasteiger partial charge in [-0.3, -0.25) is 4.90 Å². The van der Waals surface area contributed by atoms with E-state index in [1.165, 1.54) is 7.11 Å². The summed E-state index contributed by atoms with van der Waals surface area (Å²) in [7, 11) is 1.37. The van der Waals surface area contributed by atoms with Gasteiger partial charge in [-0.2, -0.15) is 0 Å². The molecule has 1 aromatic carbocycles. The van der Waals surface area contributed by atoms with E-state index < -0.39 is 5.82 Å². The van der Waals surface area contributed by atoms with Crippen molar-refractivity contribution in [2.45, 2.75) is 13.5 Å². The number of nitrogens with one attached hydrogen (secondary N) is 1. The van der Waals surface area contributed by atoms with Crippen LogP contribution in [0, 0.1) is 12.7 Å². The zero-order valence-electron chi connectivity index (χ0n) is 10.8. The second kappa shape index (κ2) is 5.54. The molecule has 0 amide bonds. The van der Waals surface area contributed by atoms with E-state index in [4.69, 9.17) is 4.74 Å². The number of phenolic OH excluding ortho intramolecular Hbond substituents is 1. The molecule has 18 heavy (non-hydrogen) atoms. The predicted molar refractivity (Wildman–Crippen MR) is 67.5 cm³/mol. The maximum Gasteiger partial charge on any atom is 0.197 e. The van der Waals surface area contributed by atoms with Crippen LogP contribution in [-0.4, -0.2) is 43.3 Å². The largest absolute Gasteiger partial charge is 0.504 e. The Morgan fingerprint density at radius 2 is 2.11 bits per heavy atom. The van der Waals surface area contributed by atoms with E-state index in [9.17, 15) is 9.50 Å². The molecule has 5 heteroatoms. The highest BCUT2D eigenvalue weighted by atomic mass is 19.1. The van der Waals surface area contributed by atoms with Gasteiger partial charge in [-0.15, -0.1) is 0 Å². The van der Waals surface area contributed by atoms with Gasteiger partial charge in [0, 0.05) is 38.3 Å². The summed E-state index contributed by atoms with van der Waals surface area (Å²) in [4.78, 5) is 2.19. The summed E-state index contributed by atoms with van der Waals surface area (Å²) >= 11 is 0.